The van der Waals surface area contributed by atoms with E-state index >= 15 is 0 Å². The lowest BCUT2D eigenvalue weighted by Crippen LogP contribution is -2.06. The van der Waals surface area contributed by atoms with E-state index in [1.807, 2.05) is 0 Å². The van der Waals surface area contributed by atoms with Crippen LogP contribution >= 0.6 is 22.6 Å². The topological polar surface area (TPSA) is 57.5 Å². The van der Waals surface area contributed by atoms with Crippen LogP contribution in [0.5, 0.6) is 0 Å². The molecule has 4 heteroatoms. The van der Waals surface area contributed by atoms with Crippen LogP contribution in [0.25, 0.3) is 0 Å². The molecule has 0 aliphatic heterocycles. The molecule has 0 saturated carbocycles. The van der Waals surface area contributed by atoms with Crippen LogP contribution in [0.1, 0.15) is 33.1 Å². The molecule has 0 aromatic rings. The minimum atomic E-state index is -0.833. The summed E-state index contributed by atoms with van der Waals surface area (Å²) >= 11 is 2.20. The summed E-state index contributed by atoms with van der Waals surface area (Å²) in [6.07, 6.45) is 3.26. The van der Waals surface area contributed by atoms with Gasteiger partial charge in [-0.3, -0.25) is 4.79 Å². The van der Waals surface area contributed by atoms with Crippen LogP contribution in [0, 0.1) is 0 Å². The average molecular weight is 288 g/mol. The molecule has 1 atom stereocenters. The maximum absolute atomic E-state index is 9.00. The van der Waals surface area contributed by atoms with E-state index < -0.39 is 5.97 Å². The predicted molar refractivity (Wildman–Crippen MR) is 57.7 cm³/mol. The van der Waals surface area contributed by atoms with Crippen molar-refractivity contribution in [1.29, 1.82) is 0 Å². The van der Waals surface area contributed by atoms with Gasteiger partial charge in [0.15, 0.2) is 0 Å². The molecule has 0 rings (SSSR count). The van der Waals surface area contributed by atoms with Gasteiger partial charge in [0.05, 0.1) is 6.10 Å². The van der Waals surface area contributed by atoms with Crippen molar-refractivity contribution in [2.45, 2.75) is 39.2 Å². The summed E-state index contributed by atoms with van der Waals surface area (Å²) in [7, 11) is 0. The summed E-state index contributed by atoms with van der Waals surface area (Å²) in [5.41, 5.74) is 0. The van der Waals surface area contributed by atoms with E-state index in [4.69, 9.17) is 15.0 Å². The molecule has 1 unspecified atom stereocenters. The number of aliphatic hydroxyl groups is 1. The lowest BCUT2D eigenvalue weighted by molar-refractivity contribution is -0.134. The first kappa shape index (κ1) is 14.7. The Morgan fingerprint density at radius 1 is 1.58 bits per heavy atom. The zero-order valence-electron chi connectivity index (χ0n) is 7.59. The number of carboxylic acid groups (broad SMARTS) is 1. The maximum Gasteiger partial charge on any atom is 0.300 e. The van der Waals surface area contributed by atoms with E-state index in [-0.39, 0.29) is 6.10 Å². The number of aliphatic hydroxyl groups excluding tert-OH is 1. The molecule has 0 aliphatic carbocycles. The monoisotopic (exact) mass is 288 g/mol. The predicted octanol–water partition coefficient (Wildman–Crippen LogP) is 2.06. The summed E-state index contributed by atoms with van der Waals surface area (Å²) in [5.74, 6) is -0.833. The van der Waals surface area contributed by atoms with Gasteiger partial charge in [-0.2, -0.15) is 0 Å². The number of halogens is 1. The van der Waals surface area contributed by atoms with Gasteiger partial charge in [-0.15, -0.1) is 0 Å². The fraction of sp³-hybridized carbons (Fsp3) is 0.875. The van der Waals surface area contributed by atoms with E-state index in [1.54, 1.807) is 0 Å². The first-order chi connectivity index (χ1) is 5.54. The van der Waals surface area contributed by atoms with E-state index in [2.05, 4.69) is 29.5 Å². The third kappa shape index (κ3) is 22.5. The van der Waals surface area contributed by atoms with Crippen LogP contribution in [-0.4, -0.2) is 26.7 Å². The van der Waals surface area contributed by atoms with Crippen molar-refractivity contribution < 1.29 is 15.0 Å². The standard InChI is InChI=1S/C6H13IO.C2H4O2/c1-2-3-4-6(8)5-7;1-2(3)4/h6,8H,2-5H2,1H3;1H3,(H,3,4). The van der Waals surface area contributed by atoms with E-state index in [9.17, 15) is 0 Å². The van der Waals surface area contributed by atoms with Gasteiger partial charge in [0.25, 0.3) is 5.97 Å². The van der Waals surface area contributed by atoms with Crippen LogP contribution in [0.2, 0.25) is 0 Å². The van der Waals surface area contributed by atoms with Crippen molar-refractivity contribution in [3.63, 3.8) is 0 Å². The molecular formula is C8H17IO3. The number of unbranched alkanes of at least 4 members (excludes halogenated alkanes) is 1. The van der Waals surface area contributed by atoms with Crippen LogP contribution in [0.3, 0.4) is 0 Å². The lowest BCUT2D eigenvalue weighted by atomic mass is 10.2. The molecule has 2 N–H and O–H groups in total. The summed E-state index contributed by atoms with van der Waals surface area (Å²) in [5, 5.41) is 16.4. The lowest BCUT2D eigenvalue weighted by Gasteiger charge is -2.02. The van der Waals surface area contributed by atoms with Gasteiger partial charge >= 0.3 is 0 Å². The van der Waals surface area contributed by atoms with Gasteiger partial charge in [-0.1, -0.05) is 42.4 Å². The molecule has 0 spiro atoms. The average Bonchev–Trinajstić information content (AvgIpc) is 1.99. The van der Waals surface area contributed by atoms with Gasteiger partial charge < -0.3 is 10.2 Å². The van der Waals surface area contributed by atoms with Gasteiger partial charge in [0.1, 0.15) is 0 Å². The van der Waals surface area contributed by atoms with Gasteiger partial charge in [-0.25, -0.2) is 0 Å². The van der Waals surface area contributed by atoms with E-state index in [1.165, 1.54) is 6.42 Å². The van der Waals surface area contributed by atoms with Crippen molar-refractivity contribution in [3.8, 4) is 0 Å². The number of rotatable bonds is 4. The Balaban J connectivity index is 0. The second-order valence-corrected chi connectivity index (χ2v) is 3.35. The summed E-state index contributed by atoms with van der Waals surface area (Å²) in [4.78, 5) is 9.00. The van der Waals surface area contributed by atoms with Crippen molar-refractivity contribution in [2.75, 3.05) is 4.43 Å². The number of hydrogen-bond donors (Lipinski definition) is 2. The SMILES string of the molecule is CC(=O)O.CCCCC(O)CI. The highest BCUT2D eigenvalue weighted by Crippen LogP contribution is 2.02. The molecule has 0 aliphatic rings. The Morgan fingerprint density at radius 3 is 2.25 bits per heavy atom. The Labute approximate surface area is 87.3 Å². The second kappa shape index (κ2) is 11.2. The molecule has 0 fully saturated rings. The second-order valence-electron chi connectivity index (χ2n) is 2.47. The summed E-state index contributed by atoms with van der Waals surface area (Å²) in [6.45, 7) is 3.22. The zero-order valence-corrected chi connectivity index (χ0v) is 9.74. The Hall–Kier alpha value is 0.160. The van der Waals surface area contributed by atoms with Crippen molar-refractivity contribution >= 4 is 28.6 Å². The number of carbonyl (C=O) groups is 1. The normalized spacial score (nSPS) is 11.3. The van der Waals surface area contributed by atoms with Crippen molar-refractivity contribution in [3.05, 3.63) is 0 Å². The third-order valence-electron chi connectivity index (χ3n) is 1.07. The molecular weight excluding hydrogens is 271 g/mol. The van der Waals surface area contributed by atoms with Gasteiger partial charge in [0.2, 0.25) is 0 Å². The molecule has 0 amide bonds. The fourth-order valence-corrected chi connectivity index (χ4v) is 0.957. The molecule has 3 nitrogen and oxygen atoms in total. The highest BCUT2D eigenvalue weighted by molar-refractivity contribution is 14.1. The molecule has 0 aromatic carbocycles. The first-order valence-corrected chi connectivity index (χ1v) is 5.50. The van der Waals surface area contributed by atoms with E-state index in [0.717, 1.165) is 24.2 Å². The van der Waals surface area contributed by atoms with Crippen LogP contribution in [0.15, 0.2) is 0 Å². The largest absolute Gasteiger partial charge is 0.481 e. The summed E-state index contributed by atoms with van der Waals surface area (Å²) in [6, 6.07) is 0. The zero-order chi connectivity index (χ0) is 9.98. The molecule has 0 saturated heterocycles. The fourth-order valence-electron chi connectivity index (χ4n) is 0.517. The Kier molecular flexibility index (Phi) is 13.6. The Bertz CT molecular complexity index is 102. The quantitative estimate of drug-likeness (QED) is 0.615. The van der Waals surface area contributed by atoms with Gasteiger partial charge in [0, 0.05) is 11.4 Å². The molecule has 0 radical (unpaired) electrons. The van der Waals surface area contributed by atoms with Crippen LogP contribution in [0.4, 0.5) is 0 Å². The van der Waals surface area contributed by atoms with Gasteiger partial charge in [-0.05, 0) is 6.42 Å². The Morgan fingerprint density at radius 2 is 2.00 bits per heavy atom. The van der Waals surface area contributed by atoms with Crippen molar-refractivity contribution in [1.82, 2.24) is 0 Å². The first-order valence-electron chi connectivity index (χ1n) is 3.98. The maximum atomic E-state index is 9.00. The molecule has 12 heavy (non-hydrogen) atoms. The number of alkyl halides is 1. The van der Waals surface area contributed by atoms with E-state index in [0.29, 0.717) is 0 Å². The molecule has 0 heterocycles. The highest BCUT2D eigenvalue weighted by Gasteiger charge is 1.97. The van der Waals surface area contributed by atoms with Crippen LogP contribution in [-0.2, 0) is 4.79 Å². The smallest absolute Gasteiger partial charge is 0.300 e. The third-order valence-corrected chi connectivity index (χ3v) is 2.09. The number of hydrogen-bond acceptors (Lipinski definition) is 2. The minimum absolute atomic E-state index is 0.0597. The summed E-state index contributed by atoms with van der Waals surface area (Å²) < 4.78 is 0.873. The van der Waals surface area contributed by atoms with Crippen LogP contribution < -0.4 is 0 Å². The molecule has 74 valence electrons. The number of carboxylic acids is 1. The molecule has 0 aromatic heterocycles. The number of aliphatic carboxylic acids is 1. The van der Waals surface area contributed by atoms with Crippen molar-refractivity contribution in [2.24, 2.45) is 0 Å². The highest BCUT2D eigenvalue weighted by atomic mass is 127. The minimum Gasteiger partial charge on any atom is -0.481 e. The molecule has 0 bridgehead atoms.